The highest BCUT2D eigenvalue weighted by Gasteiger charge is 2.26. The van der Waals surface area contributed by atoms with E-state index >= 15 is 0 Å². The van der Waals surface area contributed by atoms with Gasteiger partial charge in [0.05, 0.1) is 24.4 Å². The molecule has 5 heteroatoms. The van der Waals surface area contributed by atoms with E-state index in [1.807, 2.05) is 41.7 Å². The molecule has 0 spiro atoms. The first kappa shape index (κ1) is 23.5. The summed E-state index contributed by atoms with van der Waals surface area (Å²) in [6.07, 6.45) is 1.59. The number of rotatable bonds is 13. The third-order valence-corrected chi connectivity index (χ3v) is 3.97. The van der Waals surface area contributed by atoms with E-state index in [4.69, 9.17) is 14.2 Å². The molecule has 0 aromatic heterocycles. The number of nitrogens with one attached hydrogen (secondary N) is 1. The van der Waals surface area contributed by atoms with Crippen molar-refractivity contribution in [1.82, 2.24) is 5.32 Å². The van der Waals surface area contributed by atoms with Gasteiger partial charge in [0, 0.05) is 18.6 Å². The maximum atomic E-state index is 12.0. The number of hydrogen-bond donors (Lipinski definition) is 1. The number of likely N-dealkylation sites (N-methyl/N-ethyl adjacent to an activating group) is 1. The van der Waals surface area contributed by atoms with Crippen molar-refractivity contribution < 1.29 is 19.0 Å². The summed E-state index contributed by atoms with van der Waals surface area (Å²) in [5.41, 5.74) is -0.959. The van der Waals surface area contributed by atoms with Gasteiger partial charge in [0.25, 0.3) is 0 Å². The maximum Gasteiger partial charge on any atom is 0.163 e. The molecule has 0 aliphatic heterocycles. The highest BCUT2D eigenvalue weighted by Crippen LogP contribution is 2.21. The van der Waals surface area contributed by atoms with Gasteiger partial charge in [0.2, 0.25) is 0 Å². The van der Waals surface area contributed by atoms with Gasteiger partial charge in [-0.15, -0.1) is 0 Å². The van der Waals surface area contributed by atoms with E-state index in [9.17, 15) is 4.79 Å². The summed E-state index contributed by atoms with van der Waals surface area (Å²) in [6.45, 7) is 16.9. The van der Waals surface area contributed by atoms with Gasteiger partial charge in [0.1, 0.15) is 6.61 Å². The Hall–Kier alpha value is -0.490. The number of ketones is 1. The van der Waals surface area contributed by atoms with Crippen LogP contribution in [0.3, 0.4) is 0 Å². The number of carbonyl (C=O) groups is 1. The monoisotopic (exact) mass is 345 g/mol. The van der Waals surface area contributed by atoms with Crippen molar-refractivity contribution in [3.63, 3.8) is 0 Å². The Morgan fingerprint density at radius 2 is 1.38 bits per heavy atom. The predicted molar refractivity (Wildman–Crippen MR) is 98.5 cm³/mol. The summed E-state index contributed by atoms with van der Waals surface area (Å²) in [5.74, 6) is 0.121. The molecular weight excluding hydrogens is 306 g/mol. The molecular formula is C19H39NO4. The summed E-state index contributed by atoms with van der Waals surface area (Å²) >= 11 is 0. The van der Waals surface area contributed by atoms with E-state index in [0.717, 1.165) is 26.0 Å². The van der Waals surface area contributed by atoms with Gasteiger partial charge in [-0.25, -0.2) is 0 Å². The molecule has 0 aromatic carbocycles. The fourth-order valence-corrected chi connectivity index (χ4v) is 1.79. The highest BCUT2D eigenvalue weighted by molar-refractivity contribution is 5.84. The van der Waals surface area contributed by atoms with Crippen LogP contribution in [0.25, 0.3) is 0 Å². The molecule has 0 atom stereocenters. The lowest BCUT2D eigenvalue weighted by molar-refractivity contribution is -0.139. The maximum absolute atomic E-state index is 12.0. The molecule has 5 nitrogen and oxygen atoms in total. The molecule has 144 valence electrons. The molecule has 0 aromatic rings. The molecule has 1 N–H and O–H groups in total. The standard InChI is InChI=1S/C19H39NO4/c1-17(2,3)16(21)15-24-19(6,7)10-13-23-18(4,5)9-12-22-14-11-20-8/h20H,9-15H2,1-8H3. The Balaban J connectivity index is 4.02. The zero-order chi connectivity index (χ0) is 18.9. The average Bonchev–Trinajstić information content (AvgIpc) is 2.43. The predicted octanol–water partition coefficient (Wildman–Crippen LogP) is 3.21. The lowest BCUT2D eigenvalue weighted by atomic mass is 9.91. The molecule has 0 aliphatic carbocycles. The topological polar surface area (TPSA) is 56.8 Å². The first-order valence-electron chi connectivity index (χ1n) is 8.93. The first-order valence-corrected chi connectivity index (χ1v) is 8.93. The minimum Gasteiger partial charge on any atom is -0.380 e. The van der Waals surface area contributed by atoms with Crippen molar-refractivity contribution >= 4 is 5.78 Å². The quantitative estimate of drug-likeness (QED) is 0.520. The van der Waals surface area contributed by atoms with Crippen LogP contribution in [-0.4, -0.2) is 57.0 Å². The fraction of sp³-hybridized carbons (Fsp3) is 0.947. The molecule has 0 unspecified atom stereocenters. The largest absolute Gasteiger partial charge is 0.380 e. The van der Waals surface area contributed by atoms with Gasteiger partial charge >= 0.3 is 0 Å². The Kier molecular flexibility index (Phi) is 10.3. The molecule has 0 fully saturated rings. The van der Waals surface area contributed by atoms with Crippen molar-refractivity contribution in [2.24, 2.45) is 5.41 Å². The van der Waals surface area contributed by atoms with E-state index in [-0.39, 0.29) is 29.0 Å². The second kappa shape index (κ2) is 10.5. The van der Waals surface area contributed by atoms with Crippen LogP contribution in [0.5, 0.6) is 0 Å². The summed E-state index contributed by atoms with van der Waals surface area (Å²) in [4.78, 5) is 12.0. The average molecular weight is 346 g/mol. The van der Waals surface area contributed by atoms with Gasteiger partial charge in [-0.2, -0.15) is 0 Å². The van der Waals surface area contributed by atoms with Crippen molar-refractivity contribution in [3.05, 3.63) is 0 Å². The number of ether oxygens (including phenoxy) is 3. The third-order valence-electron chi connectivity index (χ3n) is 3.97. The Bertz CT molecular complexity index is 359. The van der Waals surface area contributed by atoms with E-state index in [1.165, 1.54) is 0 Å². The highest BCUT2D eigenvalue weighted by atomic mass is 16.5. The third kappa shape index (κ3) is 12.0. The summed E-state index contributed by atoms with van der Waals surface area (Å²) in [7, 11) is 1.91. The van der Waals surface area contributed by atoms with Gasteiger partial charge in [-0.1, -0.05) is 20.8 Å². The van der Waals surface area contributed by atoms with Crippen LogP contribution in [-0.2, 0) is 19.0 Å². The minimum absolute atomic E-state index is 0.121. The molecule has 0 saturated heterocycles. The van der Waals surface area contributed by atoms with Crippen molar-refractivity contribution in [1.29, 1.82) is 0 Å². The second-order valence-corrected chi connectivity index (χ2v) is 8.55. The SMILES string of the molecule is CNCCOCCC(C)(C)OCCC(C)(C)OCC(=O)C(C)(C)C. The van der Waals surface area contributed by atoms with E-state index in [1.54, 1.807) is 0 Å². The fourth-order valence-electron chi connectivity index (χ4n) is 1.79. The van der Waals surface area contributed by atoms with Crippen LogP contribution in [0.2, 0.25) is 0 Å². The summed E-state index contributed by atoms with van der Waals surface area (Å²) < 4.78 is 17.3. The number of hydrogen-bond acceptors (Lipinski definition) is 5. The van der Waals surface area contributed by atoms with Crippen LogP contribution in [0.1, 0.15) is 61.3 Å². The van der Waals surface area contributed by atoms with E-state index in [2.05, 4.69) is 19.2 Å². The molecule has 0 saturated carbocycles. The Morgan fingerprint density at radius 3 is 1.92 bits per heavy atom. The molecule has 0 rings (SSSR count). The molecule has 0 radical (unpaired) electrons. The van der Waals surface area contributed by atoms with Gasteiger partial charge in [-0.3, -0.25) is 4.79 Å². The summed E-state index contributed by atoms with van der Waals surface area (Å²) in [6, 6.07) is 0. The van der Waals surface area contributed by atoms with Gasteiger partial charge < -0.3 is 19.5 Å². The van der Waals surface area contributed by atoms with E-state index < -0.39 is 0 Å². The van der Waals surface area contributed by atoms with E-state index in [0.29, 0.717) is 13.2 Å². The lowest BCUT2D eigenvalue weighted by Crippen LogP contribution is -2.35. The second-order valence-electron chi connectivity index (χ2n) is 8.55. The van der Waals surface area contributed by atoms with Crippen LogP contribution in [0.4, 0.5) is 0 Å². The smallest absolute Gasteiger partial charge is 0.163 e. The Labute approximate surface area is 148 Å². The van der Waals surface area contributed by atoms with Crippen molar-refractivity contribution in [2.75, 3.05) is 40.0 Å². The van der Waals surface area contributed by atoms with Crippen LogP contribution >= 0.6 is 0 Å². The van der Waals surface area contributed by atoms with Crippen molar-refractivity contribution in [2.45, 2.75) is 72.5 Å². The lowest BCUT2D eigenvalue weighted by Gasteiger charge is -2.30. The first-order chi connectivity index (χ1) is 10.9. The molecule has 24 heavy (non-hydrogen) atoms. The van der Waals surface area contributed by atoms with Crippen LogP contribution in [0.15, 0.2) is 0 Å². The Morgan fingerprint density at radius 1 is 0.833 bits per heavy atom. The van der Waals surface area contributed by atoms with Gasteiger partial charge in [-0.05, 0) is 47.6 Å². The molecule has 0 aliphatic rings. The number of carbonyl (C=O) groups excluding carboxylic acids is 1. The van der Waals surface area contributed by atoms with Crippen LogP contribution < -0.4 is 5.32 Å². The normalized spacial score (nSPS) is 13.3. The molecule has 0 heterocycles. The minimum atomic E-state index is -0.375. The zero-order valence-corrected chi connectivity index (χ0v) is 17.1. The molecule has 0 amide bonds. The van der Waals surface area contributed by atoms with Crippen molar-refractivity contribution in [3.8, 4) is 0 Å². The molecule has 0 bridgehead atoms. The zero-order valence-electron chi connectivity index (χ0n) is 17.1. The number of Topliss-reactive ketones (excluding diaryl/α,β-unsaturated/α-hetero) is 1. The van der Waals surface area contributed by atoms with Crippen LogP contribution in [0, 0.1) is 5.41 Å². The summed E-state index contributed by atoms with van der Waals surface area (Å²) in [5, 5.41) is 3.05. The van der Waals surface area contributed by atoms with Gasteiger partial charge in [0.15, 0.2) is 5.78 Å².